The molecule has 1 aliphatic rings. The highest BCUT2D eigenvalue weighted by Gasteiger charge is 2.20. The molecule has 1 N–H and O–H groups in total. The molecule has 4 heteroatoms. The molecule has 1 aliphatic carbocycles. The van der Waals surface area contributed by atoms with Gasteiger partial charge in [0.1, 0.15) is 5.75 Å². The maximum Gasteiger partial charge on any atom is 0.123 e. The lowest BCUT2D eigenvalue weighted by molar-refractivity contribution is 0.411. The molecule has 0 aromatic heterocycles. The smallest absolute Gasteiger partial charge is 0.123 e. The zero-order valence-electron chi connectivity index (χ0n) is 11.8. The molecule has 0 heterocycles. The van der Waals surface area contributed by atoms with Gasteiger partial charge in [-0.15, -0.1) is 0 Å². The Labute approximate surface area is 118 Å². The van der Waals surface area contributed by atoms with Gasteiger partial charge in [0.2, 0.25) is 0 Å². The second-order valence-electron chi connectivity index (χ2n) is 5.09. The van der Waals surface area contributed by atoms with Gasteiger partial charge in [0.05, 0.1) is 12.9 Å². The molecular formula is C15H23NO2S. The third-order valence-corrected chi connectivity index (χ3v) is 4.76. The highest BCUT2D eigenvalue weighted by atomic mass is 32.2. The first-order valence-corrected chi connectivity index (χ1v) is 8.46. The van der Waals surface area contributed by atoms with E-state index in [9.17, 15) is 4.21 Å². The number of benzene rings is 1. The molecule has 1 aromatic carbocycles. The Kier molecular flexibility index (Phi) is 5.40. The minimum Gasteiger partial charge on any atom is -0.496 e. The molecule has 2 rings (SSSR count). The van der Waals surface area contributed by atoms with Crippen molar-refractivity contribution >= 4 is 10.8 Å². The van der Waals surface area contributed by atoms with Gasteiger partial charge in [-0.1, -0.05) is 13.0 Å². The van der Waals surface area contributed by atoms with E-state index in [2.05, 4.69) is 24.4 Å². The Morgan fingerprint density at radius 2 is 2.21 bits per heavy atom. The number of nitrogens with one attached hydrogen (secondary N) is 1. The summed E-state index contributed by atoms with van der Waals surface area (Å²) in [5.74, 6) is 2.20. The molecule has 0 spiro atoms. The first-order chi connectivity index (χ1) is 9.22. The fourth-order valence-electron chi connectivity index (χ4n) is 2.08. The van der Waals surface area contributed by atoms with Crippen molar-refractivity contribution in [3.8, 4) is 5.75 Å². The molecule has 0 bridgehead atoms. The third-order valence-electron chi connectivity index (χ3n) is 3.27. The highest BCUT2D eigenvalue weighted by Crippen LogP contribution is 2.23. The van der Waals surface area contributed by atoms with E-state index in [1.165, 1.54) is 18.4 Å². The molecule has 0 radical (unpaired) electrons. The van der Waals surface area contributed by atoms with Gasteiger partial charge in [-0.25, -0.2) is 0 Å². The Hall–Kier alpha value is -0.870. The quantitative estimate of drug-likeness (QED) is 0.796. The van der Waals surface area contributed by atoms with Gasteiger partial charge in [0.15, 0.2) is 0 Å². The fourth-order valence-corrected chi connectivity index (χ4v) is 3.25. The van der Waals surface area contributed by atoms with Crippen molar-refractivity contribution in [1.29, 1.82) is 0 Å². The molecule has 1 fully saturated rings. The van der Waals surface area contributed by atoms with Crippen LogP contribution in [-0.2, 0) is 23.1 Å². The average Bonchev–Trinajstić information content (AvgIpc) is 3.21. The Morgan fingerprint density at radius 3 is 2.84 bits per heavy atom. The predicted molar refractivity (Wildman–Crippen MR) is 79.9 cm³/mol. The van der Waals surface area contributed by atoms with E-state index < -0.39 is 10.8 Å². The first-order valence-electron chi connectivity index (χ1n) is 6.97. The molecule has 1 saturated carbocycles. The van der Waals surface area contributed by atoms with Crippen molar-refractivity contribution in [3.05, 3.63) is 29.3 Å². The van der Waals surface area contributed by atoms with E-state index in [4.69, 9.17) is 4.74 Å². The SMILES string of the molecule is CCCS(=O)Cc1cc(CNC2CC2)ccc1OC. The number of hydrogen-bond acceptors (Lipinski definition) is 3. The van der Waals surface area contributed by atoms with Crippen LogP contribution in [0.25, 0.3) is 0 Å². The molecule has 1 atom stereocenters. The van der Waals surface area contributed by atoms with Gasteiger partial charge < -0.3 is 10.1 Å². The maximum absolute atomic E-state index is 11.9. The molecule has 19 heavy (non-hydrogen) atoms. The molecule has 1 aromatic rings. The molecule has 1 unspecified atom stereocenters. The number of ether oxygens (including phenoxy) is 1. The monoisotopic (exact) mass is 281 g/mol. The van der Waals surface area contributed by atoms with Crippen molar-refractivity contribution in [2.75, 3.05) is 12.9 Å². The molecule has 106 valence electrons. The lowest BCUT2D eigenvalue weighted by Crippen LogP contribution is -2.15. The van der Waals surface area contributed by atoms with Crippen molar-refractivity contribution < 1.29 is 8.95 Å². The molecule has 3 nitrogen and oxygen atoms in total. The van der Waals surface area contributed by atoms with Crippen LogP contribution in [0.5, 0.6) is 5.75 Å². The minimum absolute atomic E-state index is 0.592. The van der Waals surface area contributed by atoms with Crippen LogP contribution >= 0.6 is 0 Å². The summed E-state index contributed by atoms with van der Waals surface area (Å²) in [5, 5.41) is 3.50. The van der Waals surface area contributed by atoms with Crippen molar-refractivity contribution in [3.63, 3.8) is 0 Å². The summed E-state index contributed by atoms with van der Waals surface area (Å²) < 4.78 is 17.3. The van der Waals surface area contributed by atoms with Gasteiger partial charge in [-0.05, 0) is 37.0 Å². The standard InChI is InChI=1S/C15H23NO2S/c1-3-8-19(17)11-13-9-12(4-7-15(13)18-2)10-16-14-5-6-14/h4,7,9,14,16H,3,5-6,8,10-11H2,1-2H3. The predicted octanol–water partition coefficient (Wildman–Crippen LogP) is 2.61. The van der Waals surface area contributed by atoms with Gasteiger partial charge >= 0.3 is 0 Å². The Bertz CT molecular complexity index is 444. The normalized spacial score (nSPS) is 16.3. The summed E-state index contributed by atoms with van der Waals surface area (Å²) in [7, 11) is 0.878. The first kappa shape index (κ1) is 14.5. The van der Waals surface area contributed by atoms with Crippen LogP contribution in [0.4, 0.5) is 0 Å². The molecule has 0 aliphatic heterocycles. The number of methoxy groups -OCH3 is 1. The van der Waals surface area contributed by atoms with Gasteiger partial charge in [-0.3, -0.25) is 4.21 Å². The van der Waals surface area contributed by atoms with Crippen LogP contribution in [0.2, 0.25) is 0 Å². The van der Waals surface area contributed by atoms with Gasteiger partial charge in [0, 0.05) is 34.7 Å². The van der Waals surface area contributed by atoms with E-state index in [0.717, 1.165) is 30.0 Å². The lowest BCUT2D eigenvalue weighted by Gasteiger charge is -2.11. The fraction of sp³-hybridized carbons (Fsp3) is 0.600. The van der Waals surface area contributed by atoms with Gasteiger partial charge in [-0.2, -0.15) is 0 Å². The topological polar surface area (TPSA) is 38.3 Å². The Morgan fingerprint density at radius 1 is 1.42 bits per heavy atom. The number of rotatable bonds is 8. The molecular weight excluding hydrogens is 258 g/mol. The third kappa shape index (κ3) is 4.62. The highest BCUT2D eigenvalue weighted by molar-refractivity contribution is 7.84. The summed E-state index contributed by atoms with van der Waals surface area (Å²) >= 11 is 0. The summed E-state index contributed by atoms with van der Waals surface area (Å²) in [6.45, 7) is 2.95. The zero-order valence-corrected chi connectivity index (χ0v) is 12.6. The van der Waals surface area contributed by atoms with Crippen LogP contribution in [-0.4, -0.2) is 23.1 Å². The van der Waals surface area contributed by atoms with E-state index in [-0.39, 0.29) is 0 Å². The largest absolute Gasteiger partial charge is 0.496 e. The second-order valence-corrected chi connectivity index (χ2v) is 6.67. The summed E-state index contributed by atoms with van der Waals surface area (Å²) in [4.78, 5) is 0. The van der Waals surface area contributed by atoms with E-state index >= 15 is 0 Å². The average molecular weight is 281 g/mol. The lowest BCUT2D eigenvalue weighted by atomic mass is 10.1. The number of hydrogen-bond donors (Lipinski definition) is 1. The van der Waals surface area contributed by atoms with Crippen LogP contribution in [0.3, 0.4) is 0 Å². The van der Waals surface area contributed by atoms with Gasteiger partial charge in [0.25, 0.3) is 0 Å². The van der Waals surface area contributed by atoms with Crippen LogP contribution < -0.4 is 10.1 Å². The second kappa shape index (κ2) is 7.06. The van der Waals surface area contributed by atoms with Crippen molar-refractivity contribution in [2.24, 2.45) is 0 Å². The van der Waals surface area contributed by atoms with Crippen LogP contribution in [0.15, 0.2) is 18.2 Å². The van der Waals surface area contributed by atoms with E-state index in [0.29, 0.717) is 11.8 Å². The zero-order chi connectivity index (χ0) is 13.7. The Balaban J connectivity index is 2.03. The molecule has 0 amide bonds. The van der Waals surface area contributed by atoms with E-state index in [1.54, 1.807) is 7.11 Å². The van der Waals surface area contributed by atoms with Crippen LogP contribution in [0.1, 0.15) is 37.3 Å². The maximum atomic E-state index is 11.9. The van der Waals surface area contributed by atoms with Crippen molar-refractivity contribution in [1.82, 2.24) is 5.32 Å². The molecule has 0 saturated heterocycles. The summed E-state index contributed by atoms with van der Waals surface area (Å²) in [6.07, 6.45) is 3.55. The summed E-state index contributed by atoms with van der Waals surface area (Å²) in [6, 6.07) is 6.91. The van der Waals surface area contributed by atoms with Crippen molar-refractivity contribution in [2.45, 2.75) is 44.5 Å². The summed E-state index contributed by atoms with van der Waals surface area (Å²) in [5.41, 5.74) is 2.31. The van der Waals surface area contributed by atoms with Crippen LogP contribution in [0, 0.1) is 0 Å². The minimum atomic E-state index is -0.792. The van der Waals surface area contributed by atoms with E-state index in [1.807, 2.05) is 6.07 Å².